The van der Waals surface area contributed by atoms with Crippen LogP contribution in [0.5, 0.6) is 0 Å². The van der Waals surface area contributed by atoms with E-state index in [9.17, 15) is 0 Å². The zero-order chi connectivity index (χ0) is 6.85. The summed E-state index contributed by atoms with van der Waals surface area (Å²) in [6.07, 6.45) is 0. The first kappa shape index (κ1) is 7.03. The zero-order valence-electron chi connectivity index (χ0n) is 6.52. The summed E-state index contributed by atoms with van der Waals surface area (Å²) in [6, 6.07) is 1.33. The Balaban J connectivity index is 2.34. The predicted octanol–water partition coefficient (Wildman–Crippen LogP) is 0.298. The predicted molar refractivity (Wildman–Crippen MR) is 39.6 cm³/mol. The van der Waals surface area contributed by atoms with Crippen molar-refractivity contribution in [1.82, 2.24) is 10.2 Å². The quantitative estimate of drug-likeness (QED) is 0.504. The molecule has 0 amide bonds. The van der Waals surface area contributed by atoms with Gasteiger partial charge in [-0.15, -0.1) is 0 Å². The molecule has 1 rings (SSSR count). The van der Waals surface area contributed by atoms with E-state index in [4.69, 9.17) is 0 Å². The first-order chi connectivity index (χ1) is 4.18. The Morgan fingerprint density at radius 2 is 1.67 bits per heavy atom. The normalized spacial score (nSPS) is 39.0. The highest BCUT2D eigenvalue weighted by atomic mass is 15.2. The van der Waals surface area contributed by atoms with Crippen LogP contribution in [-0.4, -0.2) is 37.1 Å². The van der Waals surface area contributed by atoms with Crippen LogP contribution in [0, 0.1) is 0 Å². The van der Waals surface area contributed by atoms with Crippen molar-refractivity contribution in [3.63, 3.8) is 0 Å². The van der Waals surface area contributed by atoms with Gasteiger partial charge in [-0.05, 0) is 20.9 Å². The van der Waals surface area contributed by atoms with Crippen LogP contribution in [0.15, 0.2) is 0 Å². The van der Waals surface area contributed by atoms with E-state index >= 15 is 0 Å². The minimum Gasteiger partial charge on any atom is -0.309 e. The number of piperazine rings is 1. The second kappa shape index (κ2) is 2.67. The third-order valence-corrected chi connectivity index (χ3v) is 1.74. The van der Waals surface area contributed by atoms with Gasteiger partial charge in [-0.1, -0.05) is 0 Å². The maximum Gasteiger partial charge on any atom is 0.0169 e. The third kappa shape index (κ3) is 1.95. The summed E-state index contributed by atoms with van der Waals surface area (Å²) < 4.78 is 0. The fourth-order valence-electron chi connectivity index (χ4n) is 1.60. The van der Waals surface area contributed by atoms with Crippen LogP contribution in [0.25, 0.3) is 0 Å². The van der Waals surface area contributed by atoms with E-state index in [0.717, 1.165) is 0 Å². The number of hydrogen-bond acceptors (Lipinski definition) is 2. The summed E-state index contributed by atoms with van der Waals surface area (Å²) in [5, 5.41) is 3.47. The van der Waals surface area contributed by atoms with E-state index in [-0.39, 0.29) is 0 Å². The van der Waals surface area contributed by atoms with E-state index in [1.165, 1.54) is 13.1 Å². The molecule has 0 bridgehead atoms. The number of likely N-dealkylation sites (N-methyl/N-ethyl adjacent to an activating group) is 1. The average Bonchev–Trinajstić information content (AvgIpc) is 1.59. The largest absolute Gasteiger partial charge is 0.309 e. The lowest BCUT2D eigenvalue weighted by Crippen LogP contribution is -2.52. The van der Waals surface area contributed by atoms with E-state index in [2.05, 4.69) is 31.1 Å². The van der Waals surface area contributed by atoms with Crippen LogP contribution >= 0.6 is 0 Å². The smallest absolute Gasteiger partial charge is 0.0169 e. The average molecular weight is 128 g/mol. The van der Waals surface area contributed by atoms with Gasteiger partial charge in [0.1, 0.15) is 0 Å². The molecule has 0 radical (unpaired) electrons. The van der Waals surface area contributed by atoms with Crippen molar-refractivity contribution < 1.29 is 0 Å². The minimum atomic E-state index is 0.666. The molecule has 1 aliphatic heterocycles. The monoisotopic (exact) mass is 128 g/mol. The van der Waals surface area contributed by atoms with Gasteiger partial charge in [0.2, 0.25) is 0 Å². The Kier molecular flexibility index (Phi) is 2.09. The molecule has 1 N–H and O–H groups in total. The Hall–Kier alpha value is -0.0800. The van der Waals surface area contributed by atoms with Crippen LogP contribution < -0.4 is 5.32 Å². The Morgan fingerprint density at radius 1 is 1.22 bits per heavy atom. The maximum atomic E-state index is 3.47. The van der Waals surface area contributed by atoms with Crippen molar-refractivity contribution in [3.8, 4) is 0 Å². The fraction of sp³-hybridized carbons (Fsp3) is 1.00. The van der Waals surface area contributed by atoms with Crippen molar-refractivity contribution >= 4 is 0 Å². The minimum absolute atomic E-state index is 0.666. The molecule has 0 aromatic carbocycles. The molecule has 1 unspecified atom stereocenters. The highest BCUT2D eigenvalue weighted by Gasteiger charge is 2.16. The lowest BCUT2D eigenvalue weighted by molar-refractivity contribution is 0.208. The Labute approximate surface area is 57.2 Å². The Morgan fingerprint density at radius 3 is 2.00 bits per heavy atom. The molecule has 1 saturated heterocycles. The van der Waals surface area contributed by atoms with Crippen molar-refractivity contribution in [2.75, 3.05) is 20.1 Å². The summed E-state index contributed by atoms with van der Waals surface area (Å²) in [7, 11) is 2.17. The molecule has 0 spiro atoms. The second-order valence-corrected chi connectivity index (χ2v) is 3.19. The molecule has 1 aliphatic rings. The highest BCUT2D eigenvalue weighted by molar-refractivity contribution is 4.78. The fourth-order valence-corrected chi connectivity index (χ4v) is 1.60. The van der Waals surface area contributed by atoms with Crippen LogP contribution in [0.1, 0.15) is 13.8 Å². The molecule has 2 heteroatoms. The first-order valence-electron chi connectivity index (χ1n) is 3.63. The van der Waals surface area contributed by atoms with Crippen molar-refractivity contribution in [3.05, 3.63) is 0 Å². The van der Waals surface area contributed by atoms with Gasteiger partial charge in [-0.3, -0.25) is 0 Å². The molecule has 9 heavy (non-hydrogen) atoms. The molecule has 2 atom stereocenters. The van der Waals surface area contributed by atoms with Crippen molar-refractivity contribution in [1.29, 1.82) is 0 Å². The summed E-state index contributed by atoms with van der Waals surface area (Å²) in [6.45, 7) is 6.83. The van der Waals surface area contributed by atoms with E-state index in [0.29, 0.717) is 12.1 Å². The molecule has 1 heterocycles. The standard InChI is InChI=1S/C7H16N2/c1-6-4-9(3)5-7(2)8-6/h6-8H,4-5H2,1-3H3/t6-,7?/m0/s1. The van der Waals surface area contributed by atoms with E-state index in [1.54, 1.807) is 0 Å². The number of nitrogens with one attached hydrogen (secondary N) is 1. The summed E-state index contributed by atoms with van der Waals surface area (Å²) >= 11 is 0. The van der Waals surface area contributed by atoms with E-state index < -0.39 is 0 Å². The molecule has 1 fully saturated rings. The van der Waals surface area contributed by atoms with Gasteiger partial charge in [0.25, 0.3) is 0 Å². The third-order valence-electron chi connectivity index (χ3n) is 1.74. The van der Waals surface area contributed by atoms with Gasteiger partial charge in [0.15, 0.2) is 0 Å². The molecular formula is C7H16N2. The van der Waals surface area contributed by atoms with Gasteiger partial charge in [-0.25, -0.2) is 0 Å². The van der Waals surface area contributed by atoms with Gasteiger partial charge < -0.3 is 10.2 Å². The molecule has 0 aliphatic carbocycles. The summed E-state index contributed by atoms with van der Waals surface area (Å²) in [5.74, 6) is 0. The van der Waals surface area contributed by atoms with Crippen molar-refractivity contribution in [2.45, 2.75) is 25.9 Å². The topological polar surface area (TPSA) is 15.3 Å². The van der Waals surface area contributed by atoms with E-state index in [1.807, 2.05) is 0 Å². The lowest BCUT2D eigenvalue weighted by atomic mass is 10.2. The first-order valence-corrected chi connectivity index (χ1v) is 3.63. The molecule has 0 aromatic heterocycles. The van der Waals surface area contributed by atoms with Gasteiger partial charge >= 0.3 is 0 Å². The van der Waals surface area contributed by atoms with Crippen LogP contribution in [0.3, 0.4) is 0 Å². The second-order valence-electron chi connectivity index (χ2n) is 3.19. The maximum absolute atomic E-state index is 3.47. The number of rotatable bonds is 0. The van der Waals surface area contributed by atoms with Crippen LogP contribution in [-0.2, 0) is 0 Å². The Bertz CT molecular complexity index is 67.9. The molecular weight excluding hydrogens is 112 g/mol. The van der Waals surface area contributed by atoms with Gasteiger partial charge in [0, 0.05) is 25.2 Å². The molecule has 2 nitrogen and oxygen atoms in total. The zero-order valence-corrected chi connectivity index (χ0v) is 6.52. The molecule has 0 saturated carbocycles. The van der Waals surface area contributed by atoms with Crippen LogP contribution in [0.4, 0.5) is 0 Å². The lowest BCUT2D eigenvalue weighted by Gasteiger charge is -2.33. The number of hydrogen-bond donors (Lipinski definition) is 1. The van der Waals surface area contributed by atoms with Crippen LogP contribution in [0.2, 0.25) is 0 Å². The molecule has 54 valence electrons. The van der Waals surface area contributed by atoms with Crippen molar-refractivity contribution in [2.24, 2.45) is 0 Å². The summed E-state index contributed by atoms with van der Waals surface area (Å²) in [4.78, 5) is 2.37. The SMILES string of the molecule is CC1CN(C)C[C@H](C)N1. The highest BCUT2D eigenvalue weighted by Crippen LogP contribution is 1.99. The summed E-state index contributed by atoms with van der Waals surface area (Å²) in [5.41, 5.74) is 0. The van der Waals surface area contributed by atoms with Gasteiger partial charge in [0.05, 0.1) is 0 Å². The van der Waals surface area contributed by atoms with Gasteiger partial charge in [-0.2, -0.15) is 0 Å². The molecule has 0 aromatic rings. The number of nitrogens with zero attached hydrogens (tertiary/aromatic N) is 1.